The van der Waals surface area contributed by atoms with Crippen LogP contribution in [0.5, 0.6) is 5.88 Å². The van der Waals surface area contributed by atoms with Gasteiger partial charge in [0.15, 0.2) is 5.65 Å². The van der Waals surface area contributed by atoms with Crippen molar-refractivity contribution in [3.63, 3.8) is 0 Å². The molecule has 0 amide bonds. The molecule has 6 nitrogen and oxygen atoms in total. The highest BCUT2D eigenvalue weighted by Crippen LogP contribution is 2.43. The zero-order chi connectivity index (χ0) is 23.1. The number of aromatic nitrogens is 4. The van der Waals surface area contributed by atoms with Crippen molar-refractivity contribution >= 4 is 53.0 Å². The number of rotatable bonds is 5. The summed E-state index contributed by atoms with van der Waals surface area (Å²) in [6.45, 7) is 2.10. The van der Waals surface area contributed by atoms with Crippen molar-refractivity contribution in [1.29, 1.82) is 0 Å². The van der Waals surface area contributed by atoms with Crippen LogP contribution in [0.15, 0.2) is 42.7 Å². The lowest BCUT2D eigenvalue weighted by Gasteiger charge is -2.28. The van der Waals surface area contributed by atoms with Gasteiger partial charge in [-0.15, -0.1) is 5.10 Å². The van der Waals surface area contributed by atoms with Crippen molar-refractivity contribution in [2.24, 2.45) is 0 Å². The van der Waals surface area contributed by atoms with E-state index < -0.39 is 0 Å². The van der Waals surface area contributed by atoms with Crippen molar-refractivity contribution in [2.75, 3.05) is 27.2 Å². The molecule has 172 valence electrons. The van der Waals surface area contributed by atoms with Crippen molar-refractivity contribution in [3.05, 3.63) is 53.7 Å². The molecule has 4 heterocycles. The summed E-state index contributed by atoms with van der Waals surface area (Å²) < 4.78 is 23.5. The van der Waals surface area contributed by atoms with E-state index in [2.05, 4.69) is 33.2 Å². The third kappa shape index (κ3) is 4.24. The summed E-state index contributed by atoms with van der Waals surface area (Å²) in [6.07, 6.45) is 5.96. The monoisotopic (exact) mass is 597 g/mol. The quantitative estimate of drug-likeness (QED) is 0.247. The molecule has 0 unspecified atom stereocenters. The van der Waals surface area contributed by atoms with Gasteiger partial charge >= 0.3 is 0 Å². The molecule has 3 aromatic heterocycles. The van der Waals surface area contributed by atoms with E-state index in [0.717, 1.165) is 53.7 Å². The van der Waals surface area contributed by atoms with Crippen LogP contribution in [-0.4, -0.2) is 50.9 Å². The Morgan fingerprint density at radius 1 is 1.21 bits per heavy atom. The number of halogens is 3. The summed E-state index contributed by atoms with van der Waals surface area (Å²) in [6, 6.07) is 8.85. The van der Waals surface area contributed by atoms with Gasteiger partial charge < -0.3 is 9.64 Å². The molecule has 0 spiro atoms. The third-order valence-corrected chi connectivity index (χ3v) is 8.29. The van der Waals surface area contributed by atoms with Gasteiger partial charge in [0.2, 0.25) is 5.88 Å². The number of piperidine rings is 1. The summed E-state index contributed by atoms with van der Waals surface area (Å²) in [5.74, 6) is 0.257. The molecule has 0 N–H and O–H groups in total. The summed E-state index contributed by atoms with van der Waals surface area (Å²) in [5.41, 5.74) is 3.95. The van der Waals surface area contributed by atoms with E-state index in [0.29, 0.717) is 22.6 Å². The molecule has 1 aromatic carbocycles. The second kappa shape index (κ2) is 9.44. The Morgan fingerprint density at radius 3 is 2.70 bits per heavy atom. The van der Waals surface area contributed by atoms with Gasteiger partial charge in [-0.25, -0.2) is 13.3 Å². The molecule has 4 aromatic rings. The largest absolute Gasteiger partial charge is 0.479 e. The van der Waals surface area contributed by atoms with Crippen LogP contribution >= 0.6 is 41.9 Å². The predicted molar refractivity (Wildman–Crippen MR) is 141 cm³/mol. The smallest absolute Gasteiger partial charge is 0.240 e. The van der Waals surface area contributed by atoms with E-state index in [9.17, 15) is 4.39 Å². The van der Waals surface area contributed by atoms with Crippen LogP contribution in [0.3, 0.4) is 0 Å². The maximum atomic E-state index is 14.0. The molecule has 0 atom stereocenters. The Labute approximate surface area is 212 Å². The summed E-state index contributed by atoms with van der Waals surface area (Å²) >= 11 is 8.91. The van der Waals surface area contributed by atoms with E-state index in [1.807, 2.05) is 33.2 Å². The van der Waals surface area contributed by atoms with Crippen molar-refractivity contribution in [2.45, 2.75) is 18.9 Å². The molecule has 10 heteroatoms. The zero-order valence-electron chi connectivity index (χ0n) is 18.1. The first-order valence-electron chi connectivity index (χ1n) is 10.6. The molecule has 33 heavy (non-hydrogen) atoms. The number of likely N-dealkylation sites (tertiary alicyclic amines) is 1. The topological polar surface area (TPSA) is 48.1 Å². The maximum absolute atomic E-state index is 14.0. The molecule has 0 saturated carbocycles. The van der Waals surface area contributed by atoms with Crippen molar-refractivity contribution in [1.82, 2.24) is 23.6 Å². The molecule has 0 aliphatic carbocycles. The van der Waals surface area contributed by atoms with Gasteiger partial charge in [-0.3, -0.25) is 4.68 Å². The first kappa shape index (κ1) is 22.9. The second-order valence-electron chi connectivity index (χ2n) is 8.20. The lowest BCUT2D eigenvalue weighted by Crippen LogP contribution is -2.31. The number of methoxy groups -OCH3 is 1. The minimum absolute atomic E-state index is 0.309. The van der Waals surface area contributed by atoms with E-state index in [-0.39, 0.29) is 5.82 Å². The molecule has 0 bridgehead atoms. The van der Waals surface area contributed by atoms with Gasteiger partial charge in [0.05, 0.1) is 18.7 Å². The van der Waals surface area contributed by atoms with Crippen LogP contribution in [0.4, 0.5) is 4.39 Å². The minimum Gasteiger partial charge on any atom is -0.479 e. The van der Waals surface area contributed by atoms with Gasteiger partial charge in [-0.1, -0.05) is 23.7 Å². The molecular weight excluding hydrogens is 576 g/mol. The fourth-order valence-electron chi connectivity index (χ4n) is 4.41. The summed E-state index contributed by atoms with van der Waals surface area (Å²) in [5, 5.41) is 6.08. The third-order valence-electron chi connectivity index (χ3n) is 6.16. The minimum atomic E-state index is -0.309. The number of fused-ring (bicyclic) bond motifs is 1. The maximum Gasteiger partial charge on any atom is 0.240 e. The summed E-state index contributed by atoms with van der Waals surface area (Å²) in [7, 11) is 5.21. The Bertz CT molecular complexity index is 1320. The highest BCUT2D eigenvalue weighted by Gasteiger charge is 2.24. The fraction of sp³-hybridized carbons (Fsp3) is 0.304. The summed E-state index contributed by atoms with van der Waals surface area (Å²) in [4.78, 5) is 7.06. The highest BCUT2D eigenvalue weighted by molar-refractivity contribution is 14.2. The number of pyridine rings is 1. The Hall–Kier alpha value is -1.82. The Kier molecular flexibility index (Phi) is 6.56. The molecule has 5 rings (SSSR count). The Balaban J connectivity index is 1.63. The van der Waals surface area contributed by atoms with Crippen molar-refractivity contribution in [3.8, 4) is 28.1 Å². The van der Waals surface area contributed by atoms with Crippen LogP contribution in [-0.2, 0) is 0 Å². The number of benzene rings is 1. The van der Waals surface area contributed by atoms with Crippen LogP contribution in [0.1, 0.15) is 18.9 Å². The van der Waals surface area contributed by atoms with Crippen LogP contribution < -0.4 is 4.74 Å². The molecule has 1 saturated heterocycles. The number of hydrogen-bond donors (Lipinski definition) is 0. The van der Waals surface area contributed by atoms with Crippen LogP contribution in [0.2, 0.25) is 5.15 Å². The van der Waals surface area contributed by atoms with E-state index in [1.54, 1.807) is 13.2 Å². The van der Waals surface area contributed by atoms with Gasteiger partial charge in [-0.05, 0) is 56.7 Å². The normalized spacial score (nSPS) is 15.4. The standard InChI is InChI=1S/C23H22ClFIN5OS/c1-29-8-6-17(7-9-29)30-13-19(23(28-30)32-2)15-11-18-20(14-4-3-5-16(25)10-14)21(24)31(33-26)22(18)27-12-15/h3-5,10-13,17H,6-9H2,1-2H3. The average Bonchev–Trinajstić information content (AvgIpc) is 3.37. The second-order valence-corrected chi connectivity index (χ2v) is 10.2. The lowest BCUT2D eigenvalue weighted by molar-refractivity contribution is 0.210. The molecule has 1 fully saturated rings. The Morgan fingerprint density at radius 2 is 2.00 bits per heavy atom. The number of hydrogen-bond acceptors (Lipinski definition) is 5. The van der Waals surface area contributed by atoms with Gasteiger partial charge in [-0.2, -0.15) is 0 Å². The van der Waals surface area contributed by atoms with Gasteiger partial charge in [0.1, 0.15) is 11.0 Å². The SMILES string of the molecule is COc1nn(C2CCN(C)CC2)cc1-c1cnc2c(c1)c(-c1cccc(F)c1)c(Cl)n2SI. The zero-order valence-corrected chi connectivity index (χ0v) is 21.9. The van der Waals surface area contributed by atoms with Gasteiger partial charge in [0, 0.05) is 59.2 Å². The number of ether oxygens (including phenoxy) is 1. The predicted octanol–water partition coefficient (Wildman–Crippen LogP) is 6.48. The van der Waals surface area contributed by atoms with E-state index in [4.69, 9.17) is 26.4 Å². The molecule has 0 radical (unpaired) electrons. The van der Waals surface area contributed by atoms with Crippen LogP contribution in [0.25, 0.3) is 33.3 Å². The van der Waals surface area contributed by atoms with Gasteiger partial charge in [0.25, 0.3) is 0 Å². The molecule has 1 aliphatic rings. The van der Waals surface area contributed by atoms with Crippen molar-refractivity contribution < 1.29 is 9.13 Å². The first-order valence-corrected chi connectivity index (χ1v) is 14.3. The fourth-order valence-corrected chi connectivity index (χ4v) is 6.67. The number of nitrogens with zero attached hydrogens (tertiary/aromatic N) is 5. The molecular formula is C23H22ClFIN5OS. The molecule has 1 aliphatic heterocycles. The average molecular weight is 598 g/mol. The van der Waals surface area contributed by atoms with E-state index in [1.165, 1.54) is 21.3 Å². The first-order chi connectivity index (χ1) is 16.0. The lowest BCUT2D eigenvalue weighted by atomic mass is 10.0. The highest BCUT2D eigenvalue weighted by atomic mass is 127. The van der Waals surface area contributed by atoms with E-state index >= 15 is 0 Å². The van der Waals surface area contributed by atoms with Crippen LogP contribution in [0, 0.1) is 5.82 Å².